The van der Waals surface area contributed by atoms with E-state index in [9.17, 15) is 14.7 Å². The van der Waals surface area contributed by atoms with Crippen molar-refractivity contribution in [3.05, 3.63) is 119 Å². The van der Waals surface area contributed by atoms with E-state index in [-0.39, 0.29) is 17.0 Å². The Morgan fingerprint density at radius 2 is 1.34 bits per heavy atom. The molecule has 1 fully saturated rings. The highest BCUT2D eigenvalue weighted by molar-refractivity contribution is 8.00. The molecule has 0 radical (unpaired) electrons. The Morgan fingerprint density at radius 3 is 1.78 bits per heavy atom. The second kappa shape index (κ2) is 8.30. The molecule has 1 saturated heterocycles. The highest BCUT2D eigenvalue weighted by Crippen LogP contribution is 2.43. The molecule has 5 rings (SSSR count). The normalized spacial score (nSPS) is 20.2. The lowest BCUT2D eigenvalue weighted by Crippen LogP contribution is -2.72. The van der Waals surface area contributed by atoms with Crippen LogP contribution in [0.25, 0.3) is 0 Å². The predicted molar refractivity (Wildman–Crippen MR) is 125 cm³/mol. The first kappa shape index (κ1) is 20.5. The molecule has 6 heteroatoms. The van der Waals surface area contributed by atoms with Crippen molar-refractivity contribution in [2.24, 2.45) is 0 Å². The first-order chi connectivity index (χ1) is 15.6. The van der Waals surface area contributed by atoms with Crippen LogP contribution in [0.3, 0.4) is 0 Å². The molecular weight excluding hydrogens is 420 g/mol. The molecule has 2 aliphatic rings. The average Bonchev–Trinajstić information content (AvgIpc) is 2.85. The fraction of sp³-hybridized carbons (Fsp3) is 0.154. The van der Waals surface area contributed by atoms with E-state index in [0.717, 1.165) is 16.7 Å². The van der Waals surface area contributed by atoms with Gasteiger partial charge in [-0.1, -0.05) is 91.0 Å². The number of carbonyl (C=O) groups is 2. The molecule has 160 valence electrons. The predicted octanol–water partition coefficient (Wildman–Crippen LogP) is 3.82. The highest BCUT2D eigenvalue weighted by atomic mass is 32.2. The third kappa shape index (κ3) is 3.23. The summed E-state index contributed by atoms with van der Waals surface area (Å²) in [6.07, 6.45) is 1.61. The van der Waals surface area contributed by atoms with Crippen molar-refractivity contribution in [1.82, 2.24) is 10.2 Å². The summed E-state index contributed by atoms with van der Waals surface area (Å²) in [7, 11) is 0. The van der Waals surface area contributed by atoms with Gasteiger partial charge in [0.2, 0.25) is 5.91 Å². The van der Waals surface area contributed by atoms with Gasteiger partial charge in [-0.05, 0) is 22.8 Å². The van der Waals surface area contributed by atoms with Crippen LogP contribution in [0.5, 0.6) is 0 Å². The van der Waals surface area contributed by atoms with Crippen molar-refractivity contribution >= 4 is 23.6 Å². The number of carbonyl (C=O) groups excluding carboxylic acids is 1. The molecule has 2 N–H and O–H groups in total. The average molecular weight is 443 g/mol. The van der Waals surface area contributed by atoms with Crippen molar-refractivity contribution in [2.45, 2.75) is 17.0 Å². The molecular formula is C26H22N2O3S. The number of benzene rings is 3. The van der Waals surface area contributed by atoms with Gasteiger partial charge in [-0.15, -0.1) is 11.8 Å². The number of hydrogen-bond donors (Lipinski definition) is 2. The van der Waals surface area contributed by atoms with Crippen LogP contribution in [0.4, 0.5) is 0 Å². The first-order valence-electron chi connectivity index (χ1n) is 10.5. The number of hydrogen-bond acceptors (Lipinski definition) is 4. The summed E-state index contributed by atoms with van der Waals surface area (Å²) in [5.41, 5.74) is 2.33. The summed E-state index contributed by atoms with van der Waals surface area (Å²) in [4.78, 5) is 26.3. The minimum Gasteiger partial charge on any atom is -0.477 e. The summed E-state index contributed by atoms with van der Waals surface area (Å²) in [6, 6.07) is 29.7. The van der Waals surface area contributed by atoms with E-state index in [1.54, 1.807) is 17.8 Å². The maximum absolute atomic E-state index is 13.2. The largest absolute Gasteiger partial charge is 0.477 e. The van der Waals surface area contributed by atoms with E-state index < -0.39 is 17.6 Å². The Hall–Kier alpha value is -3.35. The van der Waals surface area contributed by atoms with Gasteiger partial charge in [0.05, 0.1) is 5.54 Å². The van der Waals surface area contributed by atoms with Gasteiger partial charge in [-0.2, -0.15) is 0 Å². The number of fused-ring (bicyclic) bond motifs is 1. The summed E-state index contributed by atoms with van der Waals surface area (Å²) >= 11 is 1.58. The van der Waals surface area contributed by atoms with Crippen LogP contribution in [0.2, 0.25) is 0 Å². The molecule has 3 aromatic rings. The van der Waals surface area contributed by atoms with Crippen molar-refractivity contribution < 1.29 is 14.7 Å². The minimum absolute atomic E-state index is 0.0709. The van der Waals surface area contributed by atoms with Gasteiger partial charge in [-0.3, -0.25) is 15.0 Å². The first-order valence-corrected chi connectivity index (χ1v) is 11.5. The van der Waals surface area contributed by atoms with Crippen LogP contribution in [0, 0.1) is 0 Å². The quantitative estimate of drug-likeness (QED) is 0.449. The maximum Gasteiger partial charge on any atom is 0.352 e. The number of thioether (sulfide) groups is 1. The van der Waals surface area contributed by atoms with E-state index in [1.807, 2.05) is 54.6 Å². The van der Waals surface area contributed by atoms with Gasteiger partial charge in [0.25, 0.3) is 0 Å². The van der Waals surface area contributed by atoms with E-state index in [0.29, 0.717) is 5.75 Å². The van der Waals surface area contributed by atoms with Gasteiger partial charge in [-0.25, -0.2) is 4.79 Å². The van der Waals surface area contributed by atoms with E-state index >= 15 is 0 Å². The molecule has 32 heavy (non-hydrogen) atoms. The van der Waals surface area contributed by atoms with Crippen LogP contribution >= 0.6 is 11.8 Å². The van der Waals surface area contributed by atoms with Crippen molar-refractivity contribution in [3.63, 3.8) is 0 Å². The van der Waals surface area contributed by atoms with E-state index in [2.05, 4.69) is 41.7 Å². The van der Waals surface area contributed by atoms with Gasteiger partial charge in [0.15, 0.2) is 0 Å². The lowest BCUT2D eigenvalue weighted by Gasteiger charge is -2.52. The van der Waals surface area contributed by atoms with Gasteiger partial charge in [0, 0.05) is 5.75 Å². The maximum atomic E-state index is 13.2. The Morgan fingerprint density at radius 1 is 0.875 bits per heavy atom. The van der Waals surface area contributed by atoms with E-state index in [4.69, 9.17) is 0 Å². The van der Waals surface area contributed by atoms with Crippen LogP contribution in [0.15, 0.2) is 103 Å². The van der Waals surface area contributed by atoms with Crippen molar-refractivity contribution in [1.29, 1.82) is 0 Å². The molecule has 3 aromatic carbocycles. The highest BCUT2D eigenvalue weighted by Gasteiger charge is 2.55. The smallest absolute Gasteiger partial charge is 0.352 e. The van der Waals surface area contributed by atoms with Crippen LogP contribution in [-0.2, 0) is 15.1 Å². The topological polar surface area (TPSA) is 69.6 Å². The van der Waals surface area contributed by atoms with Crippen molar-refractivity contribution in [3.8, 4) is 0 Å². The van der Waals surface area contributed by atoms with Crippen LogP contribution < -0.4 is 5.32 Å². The lowest BCUT2D eigenvalue weighted by molar-refractivity contribution is -0.149. The van der Waals surface area contributed by atoms with Crippen molar-refractivity contribution in [2.75, 3.05) is 5.75 Å². The summed E-state index contributed by atoms with van der Waals surface area (Å²) in [6.45, 7) is 0. The molecule has 0 aliphatic carbocycles. The number of nitrogens with zero attached hydrogens (tertiary/aromatic N) is 1. The second-order valence-electron chi connectivity index (χ2n) is 7.80. The van der Waals surface area contributed by atoms with Crippen LogP contribution in [0.1, 0.15) is 16.7 Å². The minimum atomic E-state index is -1.07. The van der Waals surface area contributed by atoms with Gasteiger partial charge < -0.3 is 5.11 Å². The monoisotopic (exact) mass is 442 g/mol. The molecule has 2 heterocycles. The van der Waals surface area contributed by atoms with Gasteiger partial charge >= 0.3 is 5.97 Å². The molecule has 0 aromatic heterocycles. The number of nitrogens with one attached hydrogen (secondary N) is 1. The third-order valence-electron chi connectivity index (χ3n) is 6.06. The molecule has 1 amide bonds. The fourth-order valence-corrected chi connectivity index (χ4v) is 5.78. The number of carboxylic acid groups (broad SMARTS) is 1. The summed E-state index contributed by atoms with van der Waals surface area (Å²) < 4.78 is 0. The SMILES string of the molecule is O=C(O)C1=CCS[C@H]2C(NC(c3ccccc3)(c3ccccc3)c3ccccc3)C(=O)N12. The van der Waals surface area contributed by atoms with Gasteiger partial charge in [0.1, 0.15) is 17.1 Å². The summed E-state index contributed by atoms with van der Waals surface area (Å²) in [5, 5.41) is 13.0. The standard InChI is InChI=1S/C26H22N2O3S/c29-23-22(24-28(23)21(25(30)31)16-17-32-24)27-26(18-10-4-1-5-11-18,19-12-6-2-7-13-19)20-14-8-3-9-15-20/h1-16,22,24,27H,17H2,(H,30,31)/t22?,24-/m0/s1. The number of amides is 1. The van der Waals surface area contributed by atoms with E-state index in [1.165, 1.54) is 4.90 Å². The Labute approximate surface area is 190 Å². The summed E-state index contributed by atoms with van der Waals surface area (Å²) in [5.74, 6) is -0.728. The molecule has 2 aliphatic heterocycles. The Balaban J connectivity index is 1.64. The number of aliphatic carboxylic acids is 1. The van der Waals surface area contributed by atoms with Crippen LogP contribution in [-0.4, -0.2) is 39.1 Å². The molecule has 0 bridgehead atoms. The molecule has 0 saturated carbocycles. The number of rotatable bonds is 6. The number of carboxylic acids is 1. The molecule has 2 atom stereocenters. The fourth-order valence-electron chi connectivity index (χ4n) is 4.59. The Kier molecular flexibility index (Phi) is 5.33. The Bertz CT molecular complexity index is 1070. The zero-order chi connectivity index (χ0) is 22.1. The number of β-lactam (4-membered cyclic amide) rings is 1. The molecule has 0 spiro atoms. The lowest BCUT2D eigenvalue weighted by atomic mass is 9.76. The zero-order valence-electron chi connectivity index (χ0n) is 17.2. The zero-order valence-corrected chi connectivity index (χ0v) is 18.0. The third-order valence-corrected chi connectivity index (χ3v) is 7.24. The molecule has 1 unspecified atom stereocenters. The second-order valence-corrected chi connectivity index (χ2v) is 8.95. The molecule has 5 nitrogen and oxygen atoms in total.